The zero-order valence-corrected chi connectivity index (χ0v) is 14.5. The molecule has 0 saturated carbocycles. The molecule has 1 aliphatic heterocycles. The molecule has 3 rings (SSSR count). The average Bonchev–Trinajstić information content (AvgIpc) is 2.88. The first kappa shape index (κ1) is 17.1. The van der Waals surface area contributed by atoms with Crippen LogP contribution in [0.3, 0.4) is 0 Å². The number of anilines is 2. The van der Waals surface area contributed by atoms with E-state index in [-0.39, 0.29) is 11.7 Å². The van der Waals surface area contributed by atoms with Crippen LogP contribution in [-0.2, 0) is 0 Å². The van der Waals surface area contributed by atoms with Gasteiger partial charge in [-0.3, -0.25) is 4.79 Å². The summed E-state index contributed by atoms with van der Waals surface area (Å²) in [4.78, 5) is 27.3. The third-order valence-corrected chi connectivity index (χ3v) is 4.23. The van der Waals surface area contributed by atoms with Crippen LogP contribution in [0.15, 0.2) is 36.5 Å². The van der Waals surface area contributed by atoms with Gasteiger partial charge in [-0.05, 0) is 36.8 Å². The molecule has 0 spiro atoms. The normalized spacial score (nSPS) is 15.0. The molecule has 0 unspecified atom stereocenters. The van der Waals surface area contributed by atoms with Crippen LogP contribution in [-0.4, -0.2) is 61.0 Å². The minimum Gasteiger partial charge on any atom is -0.355 e. The van der Waals surface area contributed by atoms with Crippen molar-refractivity contribution in [3.63, 3.8) is 0 Å². The number of amides is 1. The topological polar surface area (TPSA) is 52.6 Å². The van der Waals surface area contributed by atoms with Crippen molar-refractivity contribution in [2.24, 2.45) is 0 Å². The molecule has 132 valence electrons. The largest absolute Gasteiger partial charge is 0.355 e. The summed E-state index contributed by atoms with van der Waals surface area (Å²) < 4.78 is 13.0. The third-order valence-electron chi connectivity index (χ3n) is 4.23. The summed E-state index contributed by atoms with van der Waals surface area (Å²) in [5.74, 6) is 1.15. The number of benzene rings is 1. The quantitative estimate of drug-likeness (QED) is 0.854. The van der Waals surface area contributed by atoms with Crippen LogP contribution < -0.4 is 9.80 Å². The summed E-state index contributed by atoms with van der Waals surface area (Å²) in [6, 6.07) is 7.61. The Kier molecular flexibility index (Phi) is 5.11. The monoisotopic (exact) mass is 343 g/mol. The molecule has 6 nitrogen and oxygen atoms in total. The van der Waals surface area contributed by atoms with Gasteiger partial charge in [-0.1, -0.05) is 0 Å². The molecule has 25 heavy (non-hydrogen) atoms. The first-order valence-electron chi connectivity index (χ1n) is 8.35. The van der Waals surface area contributed by atoms with Crippen LogP contribution in [0.5, 0.6) is 0 Å². The van der Waals surface area contributed by atoms with Gasteiger partial charge in [-0.25, -0.2) is 9.37 Å². The number of halogens is 1. The second-order valence-corrected chi connectivity index (χ2v) is 6.25. The minimum atomic E-state index is -0.334. The van der Waals surface area contributed by atoms with Crippen LogP contribution in [0, 0.1) is 5.82 Å². The summed E-state index contributed by atoms with van der Waals surface area (Å²) in [5, 5.41) is 0. The Morgan fingerprint density at radius 3 is 2.56 bits per heavy atom. The fraction of sp³-hybridized carbons (Fsp3) is 0.389. The maximum absolute atomic E-state index is 13.0. The van der Waals surface area contributed by atoms with Crippen molar-refractivity contribution in [3.8, 4) is 0 Å². The van der Waals surface area contributed by atoms with Gasteiger partial charge >= 0.3 is 0 Å². The lowest BCUT2D eigenvalue weighted by molar-refractivity contribution is 0.0767. The lowest BCUT2D eigenvalue weighted by atomic mass is 10.2. The lowest BCUT2D eigenvalue weighted by Crippen LogP contribution is -2.35. The molecule has 7 heteroatoms. The Morgan fingerprint density at radius 1 is 1.08 bits per heavy atom. The summed E-state index contributed by atoms with van der Waals surface area (Å²) >= 11 is 0. The van der Waals surface area contributed by atoms with Crippen molar-refractivity contribution in [3.05, 3.63) is 47.9 Å². The van der Waals surface area contributed by atoms with Crippen molar-refractivity contribution < 1.29 is 9.18 Å². The van der Waals surface area contributed by atoms with Gasteiger partial charge in [-0.2, -0.15) is 4.98 Å². The molecule has 1 amide bonds. The van der Waals surface area contributed by atoms with Gasteiger partial charge in [0.15, 0.2) is 0 Å². The maximum Gasteiger partial charge on any atom is 0.253 e. The number of hydrogen-bond donors (Lipinski definition) is 0. The summed E-state index contributed by atoms with van der Waals surface area (Å²) in [5.41, 5.74) is 0.520. The molecule has 0 radical (unpaired) electrons. The maximum atomic E-state index is 13.0. The van der Waals surface area contributed by atoms with Crippen molar-refractivity contribution in [2.75, 3.05) is 50.1 Å². The van der Waals surface area contributed by atoms with Crippen molar-refractivity contribution in [1.29, 1.82) is 0 Å². The summed E-state index contributed by atoms with van der Waals surface area (Å²) in [7, 11) is 3.81. The molecule has 0 aliphatic carbocycles. The molecule has 1 aliphatic rings. The van der Waals surface area contributed by atoms with Crippen molar-refractivity contribution in [2.45, 2.75) is 6.42 Å². The second-order valence-electron chi connectivity index (χ2n) is 6.25. The molecule has 2 aromatic rings. The van der Waals surface area contributed by atoms with Gasteiger partial charge in [0.05, 0.1) is 0 Å². The predicted molar refractivity (Wildman–Crippen MR) is 95.5 cm³/mol. The van der Waals surface area contributed by atoms with E-state index >= 15 is 0 Å². The predicted octanol–water partition coefficient (Wildman–Crippen LogP) is 2.03. The Hall–Kier alpha value is -2.70. The highest BCUT2D eigenvalue weighted by molar-refractivity contribution is 5.94. The Bertz CT molecular complexity index is 735. The molecule has 0 bridgehead atoms. The van der Waals surface area contributed by atoms with Gasteiger partial charge in [0, 0.05) is 52.0 Å². The van der Waals surface area contributed by atoms with Gasteiger partial charge in [0.2, 0.25) is 5.95 Å². The van der Waals surface area contributed by atoms with Crippen LogP contribution in [0.25, 0.3) is 0 Å². The van der Waals surface area contributed by atoms with E-state index in [1.165, 1.54) is 24.3 Å². The Labute approximate surface area is 146 Å². The molecule has 1 saturated heterocycles. The summed E-state index contributed by atoms with van der Waals surface area (Å²) in [6.45, 7) is 2.82. The van der Waals surface area contributed by atoms with Crippen LogP contribution in [0.1, 0.15) is 16.8 Å². The first-order chi connectivity index (χ1) is 12.0. The van der Waals surface area contributed by atoms with E-state index in [1.807, 2.05) is 30.0 Å². The minimum absolute atomic E-state index is 0.0569. The molecule has 1 aromatic carbocycles. The molecular formula is C18H22FN5O. The van der Waals surface area contributed by atoms with Crippen LogP contribution in [0.4, 0.5) is 16.2 Å². The first-order valence-corrected chi connectivity index (χ1v) is 8.35. The van der Waals surface area contributed by atoms with Gasteiger partial charge in [0.1, 0.15) is 11.6 Å². The second kappa shape index (κ2) is 7.46. The standard InChI is InChI=1S/C18H22FN5O/c1-22(2)18-20-9-8-16(21-18)23-10-3-11-24(13-12-23)17(25)14-4-6-15(19)7-5-14/h4-9H,3,10-13H2,1-2H3. The number of carbonyl (C=O) groups excluding carboxylic acids is 1. The number of aromatic nitrogens is 2. The zero-order chi connectivity index (χ0) is 17.8. The zero-order valence-electron chi connectivity index (χ0n) is 14.5. The average molecular weight is 343 g/mol. The number of hydrogen-bond acceptors (Lipinski definition) is 5. The number of carbonyl (C=O) groups is 1. The Balaban J connectivity index is 1.69. The molecular weight excluding hydrogens is 321 g/mol. The van der Waals surface area contributed by atoms with Crippen LogP contribution >= 0.6 is 0 Å². The van der Waals surface area contributed by atoms with E-state index in [1.54, 1.807) is 6.20 Å². The van der Waals surface area contributed by atoms with E-state index in [0.29, 0.717) is 31.1 Å². The van der Waals surface area contributed by atoms with E-state index in [4.69, 9.17) is 0 Å². The highest BCUT2D eigenvalue weighted by atomic mass is 19.1. The fourth-order valence-corrected chi connectivity index (χ4v) is 2.86. The summed E-state index contributed by atoms with van der Waals surface area (Å²) in [6.07, 6.45) is 2.61. The lowest BCUT2D eigenvalue weighted by Gasteiger charge is -2.23. The Morgan fingerprint density at radius 2 is 1.84 bits per heavy atom. The van der Waals surface area contributed by atoms with Crippen molar-refractivity contribution in [1.82, 2.24) is 14.9 Å². The fourth-order valence-electron chi connectivity index (χ4n) is 2.86. The van der Waals surface area contributed by atoms with E-state index in [9.17, 15) is 9.18 Å². The van der Waals surface area contributed by atoms with Gasteiger partial charge < -0.3 is 14.7 Å². The van der Waals surface area contributed by atoms with E-state index < -0.39 is 0 Å². The molecule has 0 N–H and O–H groups in total. The molecule has 2 heterocycles. The highest BCUT2D eigenvalue weighted by Gasteiger charge is 2.21. The van der Waals surface area contributed by atoms with Gasteiger partial charge in [0.25, 0.3) is 5.91 Å². The van der Waals surface area contributed by atoms with Gasteiger partial charge in [-0.15, -0.1) is 0 Å². The smallest absolute Gasteiger partial charge is 0.253 e. The SMILES string of the molecule is CN(C)c1nccc(N2CCCN(C(=O)c3ccc(F)cc3)CC2)n1. The third kappa shape index (κ3) is 4.04. The number of nitrogens with zero attached hydrogens (tertiary/aromatic N) is 5. The molecule has 1 aromatic heterocycles. The van der Waals surface area contributed by atoms with E-state index in [2.05, 4.69) is 14.9 Å². The highest BCUT2D eigenvalue weighted by Crippen LogP contribution is 2.17. The number of rotatable bonds is 3. The molecule has 0 atom stereocenters. The van der Waals surface area contributed by atoms with E-state index in [0.717, 1.165) is 18.8 Å². The van der Waals surface area contributed by atoms with Crippen molar-refractivity contribution >= 4 is 17.7 Å². The molecule has 1 fully saturated rings. The van der Waals surface area contributed by atoms with Crippen LogP contribution in [0.2, 0.25) is 0 Å².